The number of rotatable bonds is 4. The largest absolute Gasteiger partial charge is 0.370 e. The molecule has 1 aromatic carbocycles. The van der Waals surface area contributed by atoms with Crippen LogP contribution in [0.4, 0.5) is 11.4 Å². The molecule has 1 saturated heterocycles. The van der Waals surface area contributed by atoms with E-state index in [1.165, 1.54) is 12.8 Å². The van der Waals surface area contributed by atoms with E-state index in [1.54, 1.807) is 12.3 Å². The maximum absolute atomic E-state index is 12.4. The summed E-state index contributed by atoms with van der Waals surface area (Å²) in [5.41, 5.74) is 3.54. The fourth-order valence-corrected chi connectivity index (χ4v) is 2.98. The average molecular weight is 309 g/mol. The molecule has 120 valence electrons. The van der Waals surface area contributed by atoms with Gasteiger partial charge in [0, 0.05) is 18.8 Å². The molecule has 2 aromatic rings. The van der Waals surface area contributed by atoms with Gasteiger partial charge in [0.25, 0.3) is 5.91 Å². The molecular weight excluding hydrogens is 286 g/mol. The van der Waals surface area contributed by atoms with Crippen LogP contribution in [-0.4, -0.2) is 24.0 Å². The van der Waals surface area contributed by atoms with E-state index in [0.717, 1.165) is 30.0 Å². The second kappa shape index (κ2) is 6.82. The lowest BCUT2D eigenvalue weighted by atomic mass is 10.0. The lowest BCUT2D eigenvalue weighted by Crippen LogP contribution is -2.19. The number of carbonyl (C=O) groups excluding carboxylic acids is 1. The summed E-state index contributed by atoms with van der Waals surface area (Å²) in [4.78, 5) is 19.1. The zero-order chi connectivity index (χ0) is 16.2. The van der Waals surface area contributed by atoms with Gasteiger partial charge in [0.1, 0.15) is 5.69 Å². The van der Waals surface area contributed by atoms with E-state index >= 15 is 0 Å². The monoisotopic (exact) mass is 309 g/mol. The Morgan fingerprint density at radius 1 is 1.13 bits per heavy atom. The molecule has 0 bridgehead atoms. The minimum Gasteiger partial charge on any atom is -0.370 e. The van der Waals surface area contributed by atoms with Crippen molar-refractivity contribution in [3.8, 4) is 0 Å². The van der Waals surface area contributed by atoms with Gasteiger partial charge in [-0.25, -0.2) is 4.98 Å². The topological polar surface area (TPSA) is 45.2 Å². The number of hydrogen-bond donors (Lipinski definition) is 1. The van der Waals surface area contributed by atoms with Crippen molar-refractivity contribution in [2.45, 2.75) is 32.6 Å². The summed E-state index contributed by atoms with van der Waals surface area (Å²) in [6.45, 7) is 6.39. The highest BCUT2D eigenvalue weighted by atomic mass is 16.1. The van der Waals surface area contributed by atoms with Crippen molar-refractivity contribution >= 4 is 17.3 Å². The van der Waals surface area contributed by atoms with Gasteiger partial charge in [0.2, 0.25) is 0 Å². The summed E-state index contributed by atoms with van der Waals surface area (Å²) >= 11 is 0. The summed E-state index contributed by atoms with van der Waals surface area (Å²) in [6, 6.07) is 11.7. The van der Waals surface area contributed by atoms with Crippen molar-refractivity contribution < 1.29 is 4.79 Å². The van der Waals surface area contributed by atoms with Crippen LogP contribution in [0.5, 0.6) is 0 Å². The Kier molecular flexibility index (Phi) is 4.60. The molecule has 0 spiro atoms. The highest BCUT2D eigenvalue weighted by molar-refractivity contribution is 6.03. The highest BCUT2D eigenvalue weighted by Crippen LogP contribution is 2.24. The number of nitrogens with zero attached hydrogens (tertiary/aromatic N) is 2. The van der Waals surface area contributed by atoms with Crippen molar-refractivity contribution in [3.63, 3.8) is 0 Å². The highest BCUT2D eigenvalue weighted by Gasteiger charge is 2.15. The van der Waals surface area contributed by atoms with Crippen LogP contribution in [0, 0.1) is 0 Å². The predicted octanol–water partition coefficient (Wildman–Crippen LogP) is 4.06. The maximum atomic E-state index is 12.4. The quantitative estimate of drug-likeness (QED) is 0.926. The van der Waals surface area contributed by atoms with Crippen LogP contribution in [0.2, 0.25) is 0 Å². The number of nitrogens with one attached hydrogen (secondary N) is 1. The molecule has 0 radical (unpaired) electrons. The first-order chi connectivity index (χ1) is 11.1. The van der Waals surface area contributed by atoms with Gasteiger partial charge in [0.05, 0.1) is 11.9 Å². The molecule has 0 saturated carbocycles. The van der Waals surface area contributed by atoms with Gasteiger partial charge in [-0.3, -0.25) is 4.79 Å². The molecule has 0 aliphatic carbocycles. The SMILES string of the molecule is CC(C)c1ccccc1NC(=O)c1ccc(N2CCCC2)cn1. The molecule has 0 atom stereocenters. The first-order valence-electron chi connectivity index (χ1n) is 8.26. The fourth-order valence-electron chi connectivity index (χ4n) is 2.98. The van der Waals surface area contributed by atoms with Crippen LogP contribution >= 0.6 is 0 Å². The number of carbonyl (C=O) groups is 1. The van der Waals surface area contributed by atoms with Gasteiger partial charge in [-0.15, -0.1) is 0 Å². The molecule has 1 aliphatic rings. The number of hydrogen-bond acceptors (Lipinski definition) is 3. The molecule has 23 heavy (non-hydrogen) atoms. The molecule has 1 aliphatic heterocycles. The van der Waals surface area contributed by atoms with E-state index < -0.39 is 0 Å². The fraction of sp³-hybridized carbons (Fsp3) is 0.368. The van der Waals surface area contributed by atoms with Gasteiger partial charge in [0.15, 0.2) is 0 Å². The number of benzene rings is 1. The van der Waals surface area contributed by atoms with Gasteiger partial charge in [-0.1, -0.05) is 32.0 Å². The van der Waals surface area contributed by atoms with Crippen LogP contribution in [-0.2, 0) is 0 Å². The standard InChI is InChI=1S/C19H23N3O/c1-14(2)16-7-3-4-8-17(16)21-19(23)18-10-9-15(13-20-18)22-11-5-6-12-22/h3-4,7-10,13-14H,5-6,11-12H2,1-2H3,(H,21,23). The summed E-state index contributed by atoms with van der Waals surface area (Å²) < 4.78 is 0. The van der Waals surface area contributed by atoms with Crippen molar-refractivity contribution in [2.75, 3.05) is 23.3 Å². The van der Waals surface area contributed by atoms with E-state index in [2.05, 4.69) is 29.0 Å². The van der Waals surface area contributed by atoms with Gasteiger partial charge in [-0.05, 0) is 42.5 Å². The summed E-state index contributed by atoms with van der Waals surface area (Å²) in [6.07, 6.45) is 4.26. The number of para-hydroxylation sites is 1. The average Bonchev–Trinajstić information content (AvgIpc) is 3.10. The van der Waals surface area contributed by atoms with E-state index in [1.807, 2.05) is 30.3 Å². The number of pyridine rings is 1. The summed E-state index contributed by atoms with van der Waals surface area (Å²) in [5, 5.41) is 2.98. The van der Waals surface area contributed by atoms with Crippen LogP contribution in [0.25, 0.3) is 0 Å². The maximum Gasteiger partial charge on any atom is 0.274 e. The van der Waals surface area contributed by atoms with Gasteiger partial charge >= 0.3 is 0 Å². The first kappa shape index (κ1) is 15.5. The summed E-state index contributed by atoms with van der Waals surface area (Å²) in [5.74, 6) is 0.197. The molecular formula is C19H23N3O. The minimum absolute atomic E-state index is 0.161. The molecule has 3 rings (SSSR count). The molecule has 4 heteroatoms. The second-order valence-corrected chi connectivity index (χ2v) is 6.29. The Morgan fingerprint density at radius 3 is 2.52 bits per heavy atom. The van der Waals surface area contributed by atoms with E-state index in [-0.39, 0.29) is 5.91 Å². The lowest BCUT2D eigenvalue weighted by molar-refractivity contribution is 0.102. The predicted molar refractivity (Wildman–Crippen MR) is 94.2 cm³/mol. The minimum atomic E-state index is -0.161. The normalized spacial score (nSPS) is 14.3. The zero-order valence-corrected chi connectivity index (χ0v) is 13.7. The molecule has 2 heterocycles. The molecule has 1 fully saturated rings. The van der Waals surface area contributed by atoms with E-state index in [9.17, 15) is 4.79 Å². The molecule has 1 amide bonds. The Hall–Kier alpha value is -2.36. The molecule has 4 nitrogen and oxygen atoms in total. The number of aromatic nitrogens is 1. The smallest absolute Gasteiger partial charge is 0.274 e. The summed E-state index contributed by atoms with van der Waals surface area (Å²) in [7, 11) is 0. The van der Waals surface area contributed by atoms with E-state index in [4.69, 9.17) is 0 Å². The second-order valence-electron chi connectivity index (χ2n) is 6.29. The van der Waals surface area contributed by atoms with Crippen molar-refractivity contribution in [2.24, 2.45) is 0 Å². The van der Waals surface area contributed by atoms with Crippen LogP contribution < -0.4 is 10.2 Å². The Bertz CT molecular complexity index is 673. The third kappa shape index (κ3) is 3.52. The van der Waals surface area contributed by atoms with Crippen molar-refractivity contribution in [1.82, 2.24) is 4.98 Å². The van der Waals surface area contributed by atoms with Crippen molar-refractivity contribution in [1.29, 1.82) is 0 Å². The zero-order valence-electron chi connectivity index (χ0n) is 13.7. The number of amides is 1. The molecule has 0 unspecified atom stereocenters. The Balaban J connectivity index is 1.73. The Labute approximate surface area is 137 Å². The van der Waals surface area contributed by atoms with Gasteiger partial charge in [-0.2, -0.15) is 0 Å². The first-order valence-corrected chi connectivity index (χ1v) is 8.26. The van der Waals surface area contributed by atoms with E-state index in [0.29, 0.717) is 11.6 Å². The third-order valence-electron chi connectivity index (χ3n) is 4.28. The van der Waals surface area contributed by atoms with Crippen molar-refractivity contribution in [3.05, 3.63) is 53.9 Å². The molecule has 1 aromatic heterocycles. The van der Waals surface area contributed by atoms with Crippen LogP contribution in [0.15, 0.2) is 42.6 Å². The molecule has 1 N–H and O–H groups in total. The third-order valence-corrected chi connectivity index (χ3v) is 4.28. The lowest BCUT2D eigenvalue weighted by Gasteiger charge is -2.17. The van der Waals surface area contributed by atoms with Gasteiger partial charge < -0.3 is 10.2 Å². The van der Waals surface area contributed by atoms with Crippen LogP contribution in [0.1, 0.15) is 48.7 Å². The number of anilines is 2. The Morgan fingerprint density at radius 2 is 1.87 bits per heavy atom. The van der Waals surface area contributed by atoms with Crippen LogP contribution in [0.3, 0.4) is 0 Å².